The second-order valence-electron chi connectivity index (χ2n) is 7.07. The van der Waals surface area contributed by atoms with E-state index < -0.39 is 0 Å². The van der Waals surface area contributed by atoms with Crippen molar-refractivity contribution in [1.82, 2.24) is 15.3 Å². The van der Waals surface area contributed by atoms with Crippen molar-refractivity contribution in [2.75, 3.05) is 6.54 Å². The lowest BCUT2D eigenvalue weighted by Crippen LogP contribution is -2.31. The molecular weight excluding hydrogens is 350 g/mol. The summed E-state index contributed by atoms with van der Waals surface area (Å²) in [5.74, 6) is -0.0187. The molecule has 0 saturated carbocycles. The first kappa shape index (κ1) is 16.7. The quantitative estimate of drug-likeness (QED) is 0.516. The van der Waals surface area contributed by atoms with E-state index in [4.69, 9.17) is 0 Å². The summed E-state index contributed by atoms with van der Waals surface area (Å²) in [6, 6.07) is 18.1. The highest BCUT2D eigenvalue weighted by Crippen LogP contribution is 2.29. The SMILES string of the molecule is O=C1NCCc2[nH]c(-c3ccnc(-c4ccc5cc(CO)ccc5c4)c3)cc21. The third-order valence-electron chi connectivity index (χ3n) is 5.26. The van der Waals surface area contributed by atoms with E-state index in [0.29, 0.717) is 6.54 Å². The summed E-state index contributed by atoms with van der Waals surface area (Å²) in [4.78, 5) is 20.0. The maximum absolute atomic E-state index is 12.0. The molecule has 0 fully saturated rings. The summed E-state index contributed by atoms with van der Waals surface area (Å²) in [5.41, 5.74) is 6.46. The fraction of sp³-hybridized carbons (Fsp3) is 0.130. The van der Waals surface area contributed by atoms with Crippen molar-refractivity contribution in [2.45, 2.75) is 13.0 Å². The molecule has 28 heavy (non-hydrogen) atoms. The van der Waals surface area contributed by atoms with E-state index >= 15 is 0 Å². The zero-order valence-electron chi connectivity index (χ0n) is 15.2. The number of H-pyrrole nitrogens is 1. The fourth-order valence-electron chi connectivity index (χ4n) is 3.76. The van der Waals surface area contributed by atoms with Crippen LogP contribution in [0, 0.1) is 0 Å². The number of nitrogens with one attached hydrogen (secondary N) is 2. The van der Waals surface area contributed by atoms with Crippen LogP contribution in [0.1, 0.15) is 21.6 Å². The van der Waals surface area contributed by atoms with E-state index in [-0.39, 0.29) is 12.5 Å². The summed E-state index contributed by atoms with van der Waals surface area (Å²) < 4.78 is 0. The number of hydrogen-bond acceptors (Lipinski definition) is 3. The minimum atomic E-state index is -0.0187. The largest absolute Gasteiger partial charge is 0.392 e. The Balaban J connectivity index is 1.54. The topological polar surface area (TPSA) is 78.0 Å². The maximum atomic E-state index is 12.0. The average molecular weight is 369 g/mol. The number of amides is 1. The molecule has 0 atom stereocenters. The Morgan fingerprint density at radius 1 is 0.964 bits per heavy atom. The number of rotatable bonds is 3. The summed E-state index contributed by atoms with van der Waals surface area (Å²) >= 11 is 0. The molecule has 0 radical (unpaired) electrons. The number of carbonyl (C=O) groups is 1. The smallest absolute Gasteiger partial charge is 0.253 e. The fourth-order valence-corrected chi connectivity index (χ4v) is 3.76. The van der Waals surface area contributed by atoms with Gasteiger partial charge >= 0.3 is 0 Å². The average Bonchev–Trinajstić information content (AvgIpc) is 3.19. The molecule has 2 aromatic carbocycles. The van der Waals surface area contributed by atoms with Crippen LogP contribution in [-0.4, -0.2) is 27.5 Å². The van der Waals surface area contributed by atoms with Gasteiger partial charge in [-0.25, -0.2) is 0 Å². The summed E-state index contributed by atoms with van der Waals surface area (Å²) in [6.45, 7) is 0.710. The van der Waals surface area contributed by atoms with Gasteiger partial charge in [0, 0.05) is 41.7 Å². The Kier molecular flexibility index (Phi) is 3.95. The van der Waals surface area contributed by atoms with Crippen LogP contribution in [0.5, 0.6) is 0 Å². The maximum Gasteiger partial charge on any atom is 0.253 e. The van der Waals surface area contributed by atoms with Crippen molar-refractivity contribution in [2.24, 2.45) is 0 Å². The first-order chi connectivity index (χ1) is 13.7. The molecule has 0 spiro atoms. The predicted molar refractivity (Wildman–Crippen MR) is 109 cm³/mol. The minimum Gasteiger partial charge on any atom is -0.392 e. The third-order valence-corrected chi connectivity index (χ3v) is 5.26. The van der Waals surface area contributed by atoms with Crippen molar-refractivity contribution in [1.29, 1.82) is 0 Å². The molecule has 1 amide bonds. The molecule has 3 heterocycles. The van der Waals surface area contributed by atoms with Crippen LogP contribution in [0.15, 0.2) is 60.8 Å². The number of hydrogen-bond donors (Lipinski definition) is 3. The van der Waals surface area contributed by atoms with Crippen LogP contribution >= 0.6 is 0 Å². The second kappa shape index (κ2) is 6.62. The molecule has 0 aliphatic carbocycles. The van der Waals surface area contributed by atoms with Crippen LogP contribution in [0.25, 0.3) is 33.3 Å². The molecule has 0 bridgehead atoms. The van der Waals surface area contributed by atoms with E-state index in [0.717, 1.165) is 56.5 Å². The normalized spacial score (nSPS) is 13.4. The molecule has 3 N–H and O–H groups in total. The lowest BCUT2D eigenvalue weighted by atomic mass is 10.0. The van der Waals surface area contributed by atoms with Crippen LogP contribution in [0.4, 0.5) is 0 Å². The standard InChI is InChI=1S/C23H19N3O2/c27-13-14-1-2-16-10-17(4-3-15(16)9-14)21-11-18(5-7-24-21)22-12-19-20(26-22)6-8-25-23(19)28/h1-5,7,9-12,26-27H,6,8,13H2,(H,25,28). The van der Waals surface area contributed by atoms with E-state index in [1.807, 2.05) is 42.5 Å². The van der Waals surface area contributed by atoms with Gasteiger partial charge in [0.15, 0.2) is 0 Å². The summed E-state index contributed by atoms with van der Waals surface area (Å²) in [5, 5.41) is 14.4. The molecule has 0 saturated heterocycles. The van der Waals surface area contributed by atoms with Crippen LogP contribution in [-0.2, 0) is 13.0 Å². The first-order valence-electron chi connectivity index (χ1n) is 9.32. The van der Waals surface area contributed by atoms with Gasteiger partial charge in [-0.1, -0.05) is 24.3 Å². The van der Waals surface area contributed by atoms with Gasteiger partial charge in [0.1, 0.15) is 0 Å². The number of aromatic amines is 1. The van der Waals surface area contributed by atoms with E-state index in [1.54, 1.807) is 6.20 Å². The Morgan fingerprint density at radius 2 is 1.82 bits per heavy atom. The minimum absolute atomic E-state index is 0.0187. The van der Waals surface area contributed by atoms with Gasteiger partial charge in [-0.2, -0.15) is 0 Å². The van der Waals surface area contributed by atoms with E-state index in [9.17, 15) is 9.90 Å². The Morgan fingerprint density at radius 3 is 2.68 bits per heavy atom. The van der Waals surface area contributed by atoms with Gasteiger partial charge in [0.05, 0.1) is 17.9 Å². The number of aromatic nitrogens is 2. The number of aliphatic hydroxyl groups excluding tert-OH is 1. The van der Waals surface area contributed by atoms with Crippen molar-refractivity contribution < 1.29 is 9.90 Å². The first-order valence-corrected chi connectivity index (χ1v) is 9.32. The molecular formula is C23H19N3O2. The molecule has 1 aliphatic heterocycles. The summed E-state index contributed by atoms with van der Waals surface area (Å²) in [7, 11) is 0. The van der Waals surface area contributed by atoms with Crippen LogP contribution < -0.4 is 5.32 Å². The van der Waals surface area contributed by atoms with Crippen LogP contribution in [0.2, 0.25) is 0 Å². The number of nitrogens with zero attached hydrogens (tertiary/aromatic N) is 1. The zero-order chi connectivity index (χ0) is 19.1. The van der Waals surface area contributed by atoms with E-state index in [2.05, 4.69) is 27.4 Å². The number of carbonyl (C=O) groups excluding carboxylic acids is 1. The molecule has 0 unspecified atom stereocenters. The van der Waals surface area contributed by atoms with Crippen molar-refractivity contribution >= 4 is 16.7 Å². The second-order valence-corrected chi connectivity index (χ2v) is 7.07. The van der Waals surface area contributed by atoms with Crippen LogP contribution in [0.3, 0.4) is 0 Å². The van der Waals surface area contributed by atoms with Gasteiger partial charge in [-0.05, 0) is 46.7 Å². The molecule has 5 rings (SSSR count). The molecule has 1 aliphatic rings. The number of fused-ring (bicyclic) bond motifs is 2. The number of aliphatic hydroxyl groups is 1. The molecule has 4 aromatic rings. The van der Waals surface area contributed by atoms with E-state index in [1.165, 1.54) is 0 Å². The highest BCUT2D eigenvalue weighted by Gasteiger charge is 2.20. The van der Waals surface area contributed by atoms with Gasteiger partial charge in [-0.15, -0.1) is 0 Å². The van der Waals surface area contributed by atoms with Gasteiger partial charge < -0.3 is 15.4 Å². The highest BCUT2D eigenvalue weighted by atomic mass is 16.3. The Labute approximate surface area is 162 Å². The van der Waals surface area contributed by atoms with Crippen molar-refractivity contribution in [3.8, 4) is 22.5 Å². The summed E-state index contributed by atoms with van der Waals surface area (Å²) in [6.07, 6.45) is 2.61. The Hall–Kier alpha value is -3.44. The van der Waals surface area contributed by atoms with Crippen molar-refractivity contribution in [3.63, 3.8) is 0 Å². The monoisotopic (exact) mass is 369 g/mol. The molecule has 5 heteroatoms. The number of benzene rings is 2. The Bertz CT molecular complexity index is 1210. The molecule has 5 nitrogen and oxygen atoms in total. The predicted octanol–water partition coefficient (Wildman–Crippen LogP) is 3.68. The number of pyridine rings is 1. The molecule has 138 valence electrons. The highest BCUT2D eigenvalue weighted by molar-refractivity contribution is 5.98. The van der Waals surface area contributed by atoms with Gasteiger partial charge in [-0.3, -0.25) is 9.78 Å². The van der Waals surface area contributed by atoms with Crippen molar-refractivity contribution in [3.05, 3.63) is 77.6 Å². The lowest BCUT2D eigenvalue weighted by Gasteiger charge is -2.11. The van der Waals surface area contributed by atoms with Gasteiger partial charge in [0.25, 0.3) is 5.91 Å². The van der Waals surface area contributed by atoms with Gasteiger partial charge in [0.2, 0.25) is 0 Å². The third kappa shape index (κ3) is 2.86. The molecule has 2 aromatic heterocycles. The lowest BCUT2D eigenvalue weighted by molar-refractivity contribution is 0.0946. The zero-order valence-corrected chi connectivity index (χ0v) is 15.2.